The Morgan fingerprint density at radius 3 is 2.31 bits per heavy atom. The Morgan fingerprint density at radius 2 is 1.75 bits per heavy atom. The van der Waals surface area contributed by atoms with Crippen molar-refractivity contribution in [3.63, 3.8) is 0 Å². The predicted octanol–water partition coefficient (Wildman–Crippen LogP) is 5.26. The van der Waals surface area contributed by atoms with Crippen LogP contribution < -0.4 is 15.4 Å². The molecule has 162 valence electrons. The summed E-state index contributed by atoms with van der Waals surface area (Å²) in [6, 6.07) is 8.43. The fourth-order valence-electron chi connectivity index (χ4n) is 2.88. The van der Waals surface area contributed by atoms with E-state index >= 15 is 0 Å². The van der Waals surface area contributed by atoms with Crippen molar-refractivity contribution in [1.82, 2.24) is 10.3 Å². The molecule has 0 bridgehead atoms. The average molecular weight is 457 g/mol. The highest BCUT2D eigenvalue weighted by atomic mass is 35.5. The number of anilines is 1. The molecule has 32 heavy (non-hydrogen) atoms. The van der Waals surface area contributed by atoms with Gasteiger partial charge >= 0.3 is 6.03 Å². The number of nitriles is 1. The molecule has 0 aliphatic heterocycles. The molecule has 3 amide bonds. The highest BCUT2D eigenvalue weighted by Crippen LogP contribution is 2.34. The van der Waals surface area contributed by atoms with E-state index in [1.807, 2.05) is 11.4 Å². The second-order valence-corrected chi connectivity index (χ2v) is 7.08. The van der Waals surface area contributed by atoms with Crippen molar-refractivity contribution in [2.45, 2.75) is 13.8 Å². The quantitative estimate of drug-likeness (QED) is 0.557. The first-order valence-corrected chi connectivity index (χ1v) is 9.48. The first-order chi connectivity index (χ1) is 15.2. The van der Waals surface area contributed by atoms with Gasteiger partial charge in [0.15, 0.2) is 0 Å². The number of hydrogen-bond donors (Lipinski definition) is 2. The summed E-state index contributed by atoms with van der Waals surface area (Å²) in [6.45, 7) is 3.42. The van der Waals surface area contributed by atoms with Gasteiger partial charge in [0.05, 0.1) is 5.56 Å². The summed E-state index contributed by atoms with van der Waals surface area (Å²) in [4.78, 5) is 28.2. The fraction of sp³-hybridized carbons (Fsp3) is 0.0909. The molecule has 0 aliphatic rings. The highest BCUT2D eigenvalue weighted by molar-refractivity contribution is 6.31. The molecule has 7 nitrogen and oxygen atoms in total. The fourth-order valence-corrected chi connectivity index (χ4v) is 3.09. The van der Waals surface area contributed by atoms with E-state index in [9.17, 15) is 18.4 Å². The lowest BCUT2D eigenvalue weighted by Crippen LogP contribution is -2.35. The number of ether oxygens (including phenoxy) is 1. The molecule has 2 N–H and O–H groups in total. The van der Waals surface area contributed by atoms with Crippen LogP contribution in [-0.2, 0) is 0 Å². The Bertz CT molecular complexity index is 1230. The zero-order valence-electron chi connectivity index (χ0n) is 16.8. The Kier molecular flexibility index (Phi) is 6.66. The van der Waals surface area contributed by atoms with E-state index in [-0.39, 0.29) is 16.5 Å². The van der Waals surface area contributed by atoms with Crippen molar-refractivity contribution in [3.05, 3.63) is 81.5 Å². The molecule has 0 fully saturated rings. The van der Waals surface area contributed by atoms with Gasteiger partial charge < -0.3 is 10.1 Å². The third-order valence-electron chi connectivity index (χ3n) is 4.27. The van der Waals surface area contributed by atoms with Gasteiger partial charge in [-0.2, -0.15) is 5.26 Å². The molecule has 0 atom stereocenters. The molecule has 3 aromatic rings. The van der Waals surface area contributed by atoms with Gasteiger partial charge in [-0.15, -0.1) is 0 Å². The number of rotatable bonds is 4. The first kappa shape index (κ1) is 22.7. The van der Waals surface area contributed by atoms with Crippen molar-refractivity contribution < 1.29 is 23.1 Å². The van der Waals surface area contributed by atoms with Gasteiger partial charge in [-0.25, -0.2) is 18.6 Å². The van der Waals surface area contributed by atoms with Crippen molar-refractivity contribution in [2.24, 2.45) is 0 Å². The smallest absolute Gasteiger partial charge is 0.326 e. The van der Waals surface area contributed by atoms with Gasteiger partial charge in [0.2, 0.25) is 5.88 Å². The number of imide groups is 1. The molecule has 0 radical (unpaired) electrons. The maximum atomic E-state index is 13.7. The number of halogens is 3. The van der Waals surface area contributed by atoms with E-state index in [1.165, 1.54) is 12.3 Å². The lowest BCUT2D eigenvalue weighted by molar-refractivity contribution is 0.0959. The molecule has 2 aromatic carbocycles. The van der Waals surface area contributed by atoms with Crippen LogP contribution in [0.25, 0.3) is 0 Å². The summed E-state index contributed by atoms with van der Waals surface area (Å²) in [5.41, 5.74) is 0.949. The van der Waals surface area contributed by atoms with Crippen molar-refractivity contribution in [1.29, 1.82) is 5.26 Å². The third kappa shape index (κ3) is 4.99. The maximum Gasteiger partial charge on any atom is 0.326 e. The number of aryl methyl sites for hydroxylation is 2. The molecule has 0 unspecified atom stereocenters. The number of pyridine rings is 1. The van der Waals surface area contributed by atoms with E-state index in [0.717, 1.165) is 18.2 Å². The van der Waals surface area contributed by atoms with Gasteiger partial charge in [-0.3, -0.25) is 10.1 Å². The topological polar surface area (TPSA) is 104 Å². The van der Waals surface area contributed by atoms with Crippen LogP contribution in [0.1, 0.15) is 27.0 Å². The monoisotopic (exact) mass is 456 g/mol. The maximum absolute atomic E-state index is 13.7. The molecule has 0 spiro atoms. The summed E-state index contributed by atoms with van der Waals surface area (Å²) in [5.74, 6) is -2.85. The van der Waals surface area contributed by atoms with Crippen LogP contribution in [0.15, 0.2) is 42.6 Å². The van der Waals surface area contributed by atoms with Crippen LogP contribution in [0.4, 0.5) is 19.3 Å². The Morgan fingerprint density at radius 1 is 1.12 bits per heavy atom. The number of urea groups is 1. The highest BCUT2D eigenvalue weighted by Gasteiger charge is 2.20. The first-order valence-electron chi connectivity index (χ1n) is 9.10. The molecule has 1 aromatic heterocycles. The molecule has 0 aliphatic carbocycles. The summed E-state index contributed by atoms with van der Waals surface area (Å²) in [5, 5.41) is 13.4. The van der Waals surface area contributed by atoms with Crippen LogP contribution in [0, 0.1) is 36.8 Å². The number of nitrogens with one attached hydrogen (secondary N) is 2. The third-order valence-corrected chi connectivity index (χ3v) is 4.54. The summed E-state index contributed by atoms with van der Waals surface area (Å²) >= 11 is 6.09. The van der Waals surface area contributed by atoms with E-state index in [4.69, 9.17) is 21.6 Å². The van der Waals surface area contributed by atoms with Crippen LogP contribution >= 0.6 is 11.6 Å². The van der Waals surface area contributed by atoms with Gasteiger partial charge in [0.1, 0.15) is 34.0 Å². The molecular formula is C22H15ClF2N4O3. The molecular weight excluding hydrogens is 442 g/mol. The second kappa shape index (κ2) is 9.41. The van der Waals surface area contributed by atoms with Gasteiger partial charge in [0, 0.05) is 11.9 Å². The van der Waals surface area contributed by atoms with Crippen LogP contribution in [0.5, 0.6) is 11.6 Å². The SMILES string of the molecule is Cc1cc(NC(=O)NC(=O)c2c(F)cccc2F)cc(C)c1Oc1ncc(C#N)cc1Cl. The minimum absolute atomic E-state index is 0.104. The van der Waals surface area contributed by atoms with E-state index in [1.54, 1.807) is 26.0 Å². The number of aromatic nitrogens is 1. The van der Waals surface area contributed by atoms with Crippen molar-refractivity contribution in [2.75, 3.05) is 5.32 Å². The molecule has 0 saturated heterocycles. The molecule has 3 rings (SSSR count). The van der Waals surface area contributed by atoms with E-state index in [0.29, 0.717) is 22.6 Å². The number of carbonyl (C=O) groups is 2. The summed E-state index contributed by atoms with van der Waals surface area (Å²) in [6.07, 6.45) is 1.32. The zero-order valence-corrected chi connectivity index (χ0v) is 17.6. The number of carbonyl (C=O) groups excluding carboxylic acids is 2. The lowest BCUT2D eigenvalue weighted by Gasteiger charge is -2.15. The Hall–Kier alpha value is -4.03. The van der Waals surface area contributed by atoms with Gasteiger partial charge in [-0.1, -0.05) is 17.7 Å². The van der Waals surface area contributed by atoms with Gasteiger partial charge in [-0.05, 0) is 55.3 Å². The predicted molar refractivity (Wildman–Crippen MR) is 113 cm³/mol. The summed E-state index contributed by atoms with van der Waals surface area (Å²) < 4.78 is 33.2. The van der Waals surface area contributed by atoms with E-state index in [2.05, 4.69) is 10.3 Å². The van der Waals surface area contributed by atoms with Crippen LogP contribution in [0.2, 0.25) is 5.02 Å². The number of hydrogen-bond acceptors (Lipinski definition) is 5. The number of benzene rings is 2. The van der Waals surface area contributed by atoms with Gasteiger partial charge in [0.25, 0.3) is 5.91 Å². The lowest BCUT2D eigenvalue weighted by atomic mass is 10.1. The minimum Gasteiger partial charge on any atom is -0.437 e. The Labute approximate surface area is 186 Å². The largest absolute Gasteiger partial charge is 0.437 e. The zero-order chi connectivity index (χ0) is 23.4. The Balaban J connectivity index is 1.74. The molecule has 1 heterocycles. The van der Waals surface area contributed by atoms with Crippen molar-refractivity contribution in [3.8, 4) is 17.7 Å². The minimum atomic E-state index is -1.21. The van der Waals surface area contributed by atoms with Crippen LogP contribution in [-0.4, -0.2) is 16.9 Å². The standard InChI is InChI=1S/C22H15ClF2N4O3/c1-11-6-14(28-22(31)29-20(30)18-16(24)4-3-5-17(18)25)7-12(2)19(11)32-21-15(23)8-13(9-26)10-27-21/h3-8,10H,1-2H3,(H2,28,29,30,31). The number of nitrogens with zero attached hydrogens (tertiary/aromatic N) is 2. The summed E-state index contributed by atoms with van der Waals surface area (Å²) in [7, 11) is 0. The van der Waals surface area contributed by atoms with E-state index < -0.39 is 29.1 Å². The van der Waals surface area contributed by atoms with Crippen molar-refractivity contribution >= 4 is 29.2 Å². The normalized spacial score (nSPS) is 10.2. The molecule has 0 saturated carbocycles. The second-order valence-electron chi connectivity index (χ2n) is 6.67. The average Bonchev–Trinajstić information content (AvgIpc) is 2.71. The number of amides is 3. The van der Waals surface area contributed by atoms with Crippen LogP contribution in [0.3, 0.4) is 0 Å². The molecule has 10 heteroatoms.